The van der Waals surface area contributed by atoms with Crippen molar-refractivity contribution in [3.8, 4) is 0 Å². The molecular formula is C11H12FN3O2S2. The quantitative estimate of drug-likeness (QED) is 0.841. The van der Waals surface area contributed by atoms with Crippen LogP contribution in [-0.4, -0.2) is 13.4 Å². The molecule has 1 aromatic carbocycles. The molecule has 1 heterocycles. The van der Waals surface area contributed by atoms with Crippen LogP contribution in [0.1, 0.15) is 10.7 Å². The van der Waals surface area contributed by atoms with Crippen LogP contribution in [0.2, 0.25) is 0 Å². The normalized spacial score (nSPS) is 11.7. The van der Waals surface area contributed by atoms with Crippen LogP contribution in [0.25, 0.3) is 0 Å². The van der Waals surface area contributed by atoms with E-state index in [0.29, 0.717) is 5.01 Å². The summed E-state index contributed by atoms with van der Waals surface area (Å²) in [5.74, 6) is -0.836. The van der Waals surface area contributed by atoms with Crippen LogP contribution in [0.3, 0.4) is 0 Å². The maximum Gasteiger partial charge on any atom is 0.243 e. The zero-order chi connectivity index (χ0) is 14.0. The lowest BCUT2D eigenvalue weighted by atomic mass is 10.3. The number of hydrogen-bond acceptors (Lipinski definition) is 5. The van der Waals surface area contributed by atoms with Crippen molar-refractivity contribution in [1.29, 1.82) is 0 Å². The fourth-order valence-corrected chi connectivity index (χ4v) is 3.35. The van der Waals surface area contributed by atoms with Gasteiger partial charge in [-0.1, -0.05) is 0 Å². The Hall–Kier alpha value is -1.51. The Balaban J connectivity index is 2.20. The number of sulfonamides is 1. The monoisotopic (exact) mass is 301 g/mol. The van der Waals surface area contributed by atoms with Gasteiger partial charge >= 0.3 is 0 Å². The predicted octanol–water partition coefficient (Wildman–Crippen LogP) is 1.65. The van der Waals surface area contributed by atoms with E-state index in [0.717, 1.165) is 17.8 Å². The summed E-state index contributed by atoms with van der Waals surface area (Å²) in [5.41, 5.74) is 6.47. The fourth-order valence-electron chi connectivity index (χ4n) is 1.44. The van der Waals surface area contributed by atoms with E-state index in [9.17, 15) is 12.8 Å². The molecule has 0 radical (unpaired) electrons. The molecule has 0 aliphatic heterocycles. The van der Waals surface area contributed by atoms with Crippen molar-refractivity contribution >= 4 is 27.0 Å². The summed E-state index contributed by atoms with van der Waals surface area (Å²) in [6, 6.07) is 3.42. The van der Waals surface area contributed by atoms with Gasteiger partial charge in [0.25, 0.3) is 0 Å². The van der Waals surface area contributed by atoms with E-state index in [4.69, 9.17) is 5.73 Å². The Morgan fingerprint density at radius 3 is 2.84 bits per heavy atom. The average molecular weight is 301 g/mol. The summed E-state index contributed by atoms with van der Waals surface area (Å²) in [6.45, 7) is 1.83. The van der Waals surface area contributed by atoms with Gasteiger partial charge in [0.05, 0.1) is 6.54 Å². The molecule has 0 fully saturated rings. The fraction of sp³-hybridized carbons (Fsp3) is 0.182. The highest BCUT2D eigenvalue weighted by Gasteiger charge is 2.19. The summed E-state index contributed by atoms with van der Waals surface area (Å²) in [5, 5.41) is 2.43. The van der Waals surface area contributed by atoms with E-state index >= 15 is 0 Å². The van der Waals surface area contributed by atoms with Crippen molar-refractivity contribution in [2.45, 2.75) is 18.4 Å². The standard InChI is InChI=1S/C11H12FN3O2S2/c1-7-6-18-11(15-7)5-14-19(16,17)10-4-8(13)2-3-9(10)12/h2-4,6,14H,5,13H2,1H3. The van der Waals surface area contributed by atoms with Crippen molar-refractivity contribution in [3.63, 3.8) is 0 Å². The van der Waals surface area contributed by atoms with Crippen LogP contribution < -0.4 is 10.5 Å². The molecule has 0 aliphatic carbocycles. The van der Waals surface area contributed by atoms with Crippen molar-refractivity contribution in [3.05, 3.63) is 40.1 Å². The molecular weight excluding hydrogens is 289 g/mol. The third-order valence-corrected chi connectivity index (χ3v) is 4.71. The van der Waals surface area contributed by atoms with Crippen LogP contribution in [0.15, 0.2) is 28.5 Å². The number of nitrogen functional groups attached to an aromatic ring is 1. The van der Waals surface area contributed by atoms with Gasteiger partial charge in [0, 0.05) is 16.8 Å². The molecule has 0 amide bonds. The Kier molecular flexibility index (Phi) is 3.83. The van der Waals surface area contributed by atoms with Gasteiger partial charge in [-0.3, -0.25) is 0 Å². The Morgan fingerprint density at radius 2 is 2.21 bits per heavy atom. The molecule has 0 bridgehead atoms. The van der Waals surface area contributed by atoms with Crippen LogP contribution in [-0.2, 0) is 16.6 Å². The molecule has 0 spiro atoms. The second-order valence-corrected chi connectivity index (χ2v) is 6.58. The minimum atomic E-state index is -3.94. The average Bonchev–Trinajstić information content (AvgIpc) is 2.76. The van der Waals surface area contributed by atoms with Gasteiger partial charge in [-0.15, -0.1) is 11.3 Å². The first-order valence-electron chi connectivity index (χ1n) is 5.34. The van der Waals surface area contributed by atoms with E-state index in [1.807, 2.05) is 12.3 Å². The topological polar surface area (TPSA) is 85.1 Å². The smallest absolute Gasteiger partial charge is 0.243 e. The van der Waals surface area contributed by atoms with Gasteiger partial charge in [-0.05, 0) is 25.1 Å². The number of halogens is 1. The maximum atomic E-state index is 13.5. The lowest BCUT2D eigenvalue weighted by Gasteiger charge is -2.07. The highest BCUT2D eigenvalue weighted by molar-refractivity contribution is 7.89. The van der Waals surface area contributed by atoms with Gasteiger partial charge < -0.3 is 5.73 Å². The van der Waals surface area contributed by atoms with Crippen LogP contribution >= 0.6 is 11.3 Å². The predicted molar refractivity (Wildman–Crippen MR) is 71.7 cm³/mol. The number of benzene rings is 1. The molecule has 2 aromatic rings. The third-order valence-electron chi connectivity index (χ3n) is 2.32. The van der Waals surface area contributed by atoms with E-state index in [-0.39, 0.29) is 12.2 Å². The minimum Gasteiger partial charge on any atom is -0.399 e. The summed E-state index contributed by atoms with van der Waals surface area (Å²) < 4.78 is 39.7. The molecule has 0 saturated carbocycles. The second-order valence-electron chi connectivity index (χ2n) is 3.90. The number of nitrogens with two attached hydrogens (primary N) is 1. The first-order valence-corrected chi connectivity index (χ1v) is 7.70. The summed E-state index contributed by atoms with van der Waals surface area (Å²) in [4.78, 5) is 3.66. The van der Waals surface area contributed by atoms with E-state index in [2.05, 4.69) is 9.71 Å². The van der Waals surface area contributed by atoms with E-state index in [1.165, 1.54) is 17.4 Å². The zero-order valence-corrected chi connectivity index (χ0v) is 11.7. The molecule has 0 aliphatic rings. The third kappa shape index (κ3) is 3.28. The molecule has 102 valence electrons. The minimum absolute atomic E-state index is 0.0229. The SMILES string of the molecule is Cc1csc(CNS(=O)(=O)c2cc(N)ccc2F)n1. The van der Waals surface area contributed by atoms with E-state index in [1.54, 1.807) is 0 Å². The highest BCUT2D eigenvalue weighted by Crippen LogP contribution is 2.18. The van der Waals surface area contributed by atoms with Gasteiger partial charge in [0.2, 0.25) is 10.0 Å². The first-order chi connectivity index (χ1) is 8.88. The number of nitrogens with one attached hydrogen (secondary N) is 1. The Morgan fingerprint density at radius 1 is 1.47 bits per heavy atom. The summed E-state index contributed by atoms with van der Waals surface area (Å²) in [7, 11) is -3.94. The van der Waals surface area contributed by atoms with Crippen molar-refractivity contribution in [2.75, 3.05) is 5.73 Å². The van der Waals surface area contributed by atoms with E-state index < -0.39 is 20.7 Å². The number of hydrogen-bond donors (Lipinski definition) is 2. The van der Waals surface area contributed by atoms with Gasteiger partial charge in [0.15, 0.2) is 0 Å². The number of thiazole rings is 1. The molecule has 0 atom stereocenters. The lowest BCUT2D eigenvalue weighted by Crippen LogP contribution is -2.24. The van der Waals surface area contributed by atoms with Crippen LogP contribution in [0, 0.1) is 12.7 Å². The van der Waals surface area contributed by atoms with Gasteiger partial charge in [-0.2, -0.15) is 0 Å². The second kappa shape index (κ2) is 5.24. The number of rotatable bonds is 4. The molecule has 1 aromatic heterocycles. The molecule has 5 nitrogen and oxygen atoms in total. The number of anilines is 1. The van der Waals surface area contributed by atoms with Crippen molar-refractivity contribution in [1.82, 2.24) is 9.71 Å². The molecule has 3 N–H and O–H groups in total. The van der Waals surface area contributed by atoms with Crippen LogP contribution in [0.5, 0.6) is 0 Å². The molecule has 0 unspecified atom stereocenters. The number of aryl methyl sites for hydroxylation is 1. The number of aromatic nitrogens is 1. The molecule has 2 rings (SSSR count). The van der Waals surface area contributed by atoms with Crippen molar-refractivity contribution < 1.29 is 12.8 Å². The van der Waals surface area contributed by atoms with Crippen LogP contribution in [0.4, 0.5) is 10.1 Å². The van der Waals surface area contributed by atoms with Crippen molar-refractivity contribution in [2.24, 2.45) is 0 Å². The van der Waals surface area contributed by atoms with Gasteiger partial charge in [-0.25, -0.2) is 22.5 Å². The molecule has 0 saturated heterocycles. The zero-order valence-electron chi connectivity index (χ0n) is 10.1. The first kappa shape index (κ1) is 13.9. The summed E-state index contributed by atoms with van der Waals surface area (Å²) in [6.07, 6.45) is 0. The maximum absolute atomic E-state index is 13.5. The molecule has 19 heavy (non-hydrogen) atoms. The Bertz CT molecular complexity index is 698. The number of nitrogens with zero attached hydrogens (tertiary/aromatic N) is 1. The largest absolute Gasteiger partial charge is 0.399 e. The highest BCUT2D eigenvalue weighted by atomic mass is 32.2. The summed E-state index contributed by atoms with van der Waals surface area (Å²) >= 11 is 1.34. The van der Waals surface area contributed by atoms with Gasteiger partial charge in [0.1, 0.15) is 15.7 Å². The molecule has 8 heteroatoms. The Labute approximate surface area is 114 Å². The lowest BCUT2D eigenvalue weighted by molar-refractivity contribution is 0.557.